The second-order valence-electron chi connectivity index (χ2n) is 4.94. The molecule has 2 N–H and O–H groups in total. The van der Waals surface area contributed by atoms with Crippen molar-refractivity contribution in [2.75, 3.05) is 0 Å². The van der Waals surface area contributed by atoms with Crippen LogP contribution in [-0.4, -0.2) is 34.4 Å². The van der Waals surface area contributed by atoms with Crippen LogP contribution in [-0.2, 0) is 4.74 Å². The number of aliphatic hydroxyl groups excluding tert-OH is 1. The van der Waals surface area contributed by atoms with Crippen LogP contribution in [0.2, 0.25) is 0 Å². The third-order valence-electron chi connectivity index (χ3n) is 3.08. The molecule has 1 aromatic rings. The molecule has 0 unspecified atom stereocenters. The first kappa shape index (κ1) is 16.2. The summed E-state index contributed by atoms with van der Waals surface area (Å²) in [6.07, 6.45) is -0.971. The van der Waals surface area contributed by atoms with E-state index in [-0.39, 0.29) is 17.0 Å². The number of carboxylic acid groups (broad SMARTS) is 1. The molecular weight excluding hydrogens is 260 g/mol. The highest BCUT2D eigenvalue weighted by Gasteiger charge is 2.27. The van der Waals surface area contributed by atoms with Gasteiger partial charge in [-0.05, 0) is 24.5 Å². The first-order valence-electron chi connectivity index (χ1n) is 6.59. The molecule has 5 heteroatoms. The van der Waals surface area contributed by atoms with Gasteiger partial charge in [0.1, 0.15) is 6.10 Å². The Morgan fingerprint density at radius 1 is 1.20 bits per heavy atom. The maximum absolute atomic E-state index is 12.1. The summed E-state index contributed by atoms with van der Waals surface area (Å²) in [6, 6.07) is 5.87. The topological polar surface area (TPSA) is 83.8 Å². The van der Waals surface area contributed by atoms with Crippen molar-refractivity contribution in [3.8, 4) is 0 Å². The van der Waals surface area contributed by atoms with Crippen LogP contribution >= 0.6 is 0 Å². The van der Waals surface area contributed by atoms with E-state index < -0.39 is 24.1 Å². The molecule has 110 valence electrons. The first-order valence-corrected chi connectivity index (χ1v) is 6.59. The number of rotatable bonds is 6. The molecule has 0 heterocycles. The van der Waals surface area contributed by atoms with Crippen LogP contribution in [0.15, 0.2) is 24.3 Å². The fourth-order valence-electron chi connectivity index (χ4n) is 1.93. The van der Waals surface area contributed by atoms with Crippen molar-refractivity contribution in [3.05, 3.63) is 35.4 Å². The van der Waals surface area contributed by atoms with E-state index in [0.29, 0.717) is 6.42 Å². The van der Waals surface area contributed by atoms with Crippen molar-refractivity contribution in [1.29, 1.82) is 0 Å². The maximum atomic E-state index is 12.1. The molecular formula is C15H20O5. The second-order valence-corrected chi connectivity index (χ2v) is 4.94. The fraction of sp³-hybridized carbons (Fsp3) is 0.467. The highest BCUT2D eigenvalue weighted by molar-refractivity contribution is 6.02. The predicted octanol–water partition coefficient (Wildman–Crippen LogP) is 2.34. The van der Waals surface area contributed by atoms with E-state index in [1.54, 1.807) is 19.1 Å². The maximum Gasteiger partial charge on any atom is 0.339 e. The van der Waals surface area contributed by atoms with Crippen molar-refractivity contribution in [2.45, 2.75) is 39.4 Å². The Morgan fingerprint density at radius 2 is 1.75 bits per heavy atom. The average Bonchev–Trinajstić information content (AvgIpc) is 2.43. The lowest BCUT2D eigenvalue weighted by atomic mass is 9.99. The quantitative estimate of drug-likeness (QED) is 0.781. The van der Waals surface area contributed by atoms with Gasteiger partial charge in [0, 0.05) is 0 Å². The summed E-state index contributed by atoms with van der Waals surface area (Å²) in [7, 11) is 0. The third kappa shape index (κ3) is 3.81. The van der Waals surface area contributed by atoms with Gasteiger partial charge < -0.3 is 14.9 Å². The van der Waals surface area contributed by atoms with E-state index in [4.69, 9.17) is 9.84 Å². The summed E-state index contributed by atoms with van der Waals surface area (Å²) in [5.74, 6) is -1.98. The van der Waals surface area contributed by atoms with E-state index in [9.17, 15) is 14.7 Å². The number of aromatic carboxylic acids is 1. The van der Waals surface area contributed by atoms with Crippen LogP contribution in [0.1, 0.15) is 47.9 Å². The van der Waals surface area contributed by atoms with Crippen molar-refractivity contribution >= 4 is 11.9 Å². The van der Waals surface area contributed by atoms with Crippen molar-refractivity contribution in [1.82, 2.24) is 0 Å². The molecule has 20 heavy (non-hydrogen) atoms. The molecule has 0 aliphatic heterocycles. The molecule has 0 aliphatic carbocycles. The second kappa shape index (κ2) is 7.05. The number of ether oxygens (including phenoxy) is 1. The molecule has 0 bridgehead atoms. The summed E-state index contributed by atoms with van der Waals surface area (Å²) >= 11 is 0. The molecule has 0 aromatic heterocycles. The first-order chi connectivity index (χ1) is 9.38. The summed E-state index contributed by atoms with van der Waals surface area (Å²) in [5, 5.41) is 18.9. The molecule has 0 spiro atoms. The number of carbonyl (C=O) groups is 2. The van der Waals surface area contributed by atoms with Crippen LogP contribution < -0.4 is 0 Å². The Balaban J connectivity index is 2.98. The Hall–Kier alpha value is -1.88. The zero-order valence-electron chi connectivity index (χ0n) is 11.9. The lowest BCUT2D eigenvalue weighted by Crippen LogP contribution is -2.35. The van der Waals surface area contributed by atoms with Crippen LogP contribution in [0, 0.1) is 5.92 Å². The van der Waals surface area contributed by atoms with Crippen LogP contribution in [0.25, 0.3) is 0 Å². The van der Waals surface area contributed by atoms with Gasteiger partial charge in [0.15, 0.2) is 0 Å². The minimum Gasteiger partial charge on any atom is -0.478 e. The number of esters is 1. The zero-order chi connectivity index (χ0) is 15.3. The van der Waals surface area contributed by atoms with E-state index in [1.165, 1.54) is 12.1 Å². The third-order valence-corrected chi connectivity index (χ3v) is 3.08. The van der Waals surface area contributed by atoms with E-state index in [0.717, 1.165) is 0 Å². The number of carbonyl (C=O) groups excluding carboxylic acids is 1. The van der Waals surface area contributed by atoms with E-state index >= 15 is 0 Å². The summed E-state index contributed by atoms with van der Waals surface area (Å²) in [5.41, 5.74) is -0.111. The molecule has 1 rings (SSSR count). The van der Waals surface area contributed by atoms with Gasteiger partial charge in [-0.15, -0.1) is 0 Å². The lowest BCUT2D eigenvalue weighted by molar-refractivity contribution is -0.0382. The molecule has 5 nitrogen and oxygen atoms in total. The number of benzene rings is 1. The molecule has 2 atom stereocenters. The van der Waals surface area contributed by atoms with Crippen molar-refractivity contribution in [2.24, 2.45) is 5.92 Å². The van der Waals surface area contributed by atoms with Gasteiger partial charge in [0.2, 0.25) is 0 Å². The molecule has 0 aliphatic rings. The molecule has 0 saturated heterocycles. The largest absolute Gasteiger partial charge is 0.478 e. The van der Waals surface area contributed by atoms with E-state index in [2.05, 4.69) is 0 Å². The zero-order valence-corrected chi connectivity index (χ0v) is 11.9. The van der Waals surface area contributed by atoms with E-state index in [1.807, 2.05) is 13.8 Å². The average molecular weight is 280 g/mol. The minimum atomic E-state index is -1.19. The van der Waals surface area contributed by atoms with Gasteiger partial charge in [0.05, 0.1) is 17.2 Å². The Kier molecular flexibility index (Phi) is 5.70. The lowest BCUT2D eigenvalue weighted by Gasteiger charge is -2.25. The van der Waals surface area contributed by atoms with Gasteiger partial charge >= 0.3 is 11.9 Å². The van der Waals surface area contributed by atoms with Gasteiger partial charge in [-0.1, -0.05) is 32.9 Å². The smallest absolute Gasteiger partial charge is 0.339 e. The molecule has 1 aromatic carbocycles. The van der Waals surface area contributed by atoms with Gasteiger partial charge in [0.25, 0.3) is 0 Å². The number of hydrogen-bond donors (Lipinski definition) is 2. The summed E-state index contributed by atoms with van der Waals surface area (Å²) < 4.78 is 5.29. The molecule has 0 fully saturated rings. The summed E-state index contributed by atoms with van der Waals surface area (Å²) in [4.78, 5) is 23.2. The van der Waals surface area contributed by atoms with Crippen LogP contribution in [0.3, 0.4) is 0 Å². The molecule has 0 saturated carbocycles. The van der Waals surface area contributed by atoms with Crippen molar-refractivity contribution in [3.63, 3.8) is 0 Å². The monoisotopic (exact) mass is 280 g/mol. The standard InChI is InChI=1S/C15H20O5/c1-4-12(16)13(9(2)3)20-15(19)11-8-6-5-7-10(11)14(17)18/h5-9,12-13,16H,4H2,1-3H3,(H,17,18)/t12-,13-/m0/s1. The Labute approximate surface area is 118 Å². The van der Waals surface area contributed by atoms with Crippen molar-refractivity contribution < 1.29 is 24.5 Å². The fourth-order valence-corrected chi connectivity index (χ4v) is 1.93. The highest BCUT2D eigenvalue weighted by Crippen LogP contribution is 2.18. The normalized spacial score (nSPS) is 13.8. The Morgan fingerprint density at radius 3 is 2.20 bits per heavy atom. The Bertz CT molecular complexity index is 481. The highest BCUT2D eigenvalue weighted by atomic mass is 16.6. The van der Waals surface area contributed by atoms with Gasteiger partial charge in [-0.2, -0.15) is 0 Å². The number of carboxylic acids is 1. The predicted molar refractivity (Wildman–Crippen MR) is 73.7 cm³/mol. The van der Waals surface area contributed by atoms with Crippen LogP contribution in [0.4, 0.5) is 0 Å². The number of hydrogen-bond acceptors (Lipinski definition) is 4. The van der Waals surface area contributed by atoms with Crippen LogP contribution in [0.5, 0.6) is 0 Å². The molecule has 0 radical (unpaired) electrons. The minimum absolute atomic E-state index is 0.00560. The SMILES string of the molecule is CC[C@H](O)[C@@H](OC(=O)c1ccccc1C(=O)O)C(C)C. The van der Waals surface area contributed by atoms with Gasteiger partial charge in [-0.25, -0.2) is 9.59 Å². The van der Waals surface area contributed by atoms with Gasteiger partial charge in [-0.3, -0.25) is 0 Å². The molecule has 0 amide bonds. The summed E-state index contributed by atoms with van der Waals surface area (Å²) in [6.45, 7) is 5.46. The number of aliphatic hydroxyl groups is 1.